The van der Waals surface area contributed by atoms with Gasteiger partial charge in [0.2, 0.25) is 0 Å². The molecule has 0 saturated heterocycles. The molecule has 0 bridgehead atoms. The first kappa shape index (κ1) is 23.3. The second-order valence-electron chi connectivity index (χ2n) is 3.62. The van der Waals surface area contributed by atoms with Gasteiger partial charge in [-0.1, -0.05) is 0 Å². The van der Waals surface area contributed by atoms with Crippen LogP contribution in [0.5, 0.6) is 0 Å². The first-order valence-corrected chi connectivity index (χ1v) is 4.93. The van der Waals surface area contributed by atoms with Crippen molar-refractivity contribution in [3.8, 4) is 0 Å². The van der Waals surface area contributed by atoms with Crippen LogP contribution in [0.3, 0.4) is 0 Å². The average molecular weight is 334 g/mol. The van der Waals surface area contributed by atoms with Crippen LogP contribution in [0.15, 0.2) is 12.1 Å². The summed E-state index contributed by atoms with van der Waals surface area (Å²) in [7, 11) is 0. The van der Waals surface area contributed by atoms with Crippen molar-refractivity contribution in [3.05, 3.63) is 23.4 Å². The average Bonchev–Trinajstić information content (AvgIpc) is 2.15. The lowest BCUT2D eigenvalue weighted by Crippen LogP contribution is -2.43. The van der Waals surface area contributed by atoms with Gasteiger partial charge in [-0.3, -0.25) is 10.2 Å². The number of rotatable bonds is 5. The number of anilines is 1. The van der Waals surface area contributed by atoms with E-state index in [1.807, 2.05) is 13.0 Å². The number of carboxylic acid groups (broad SMARTS) is 1. The molecule has 0 radical (unpaired) electrons. The first-order chi connectivity index (χ1) is 7.49. The van der Waals surface area contributed by atoms with E-state index in [2.05, 4.69) is 15.8 Å². The summed E-state index contributed by atoms with van der Waals surface area (Å²) in [6.07, 6.45) is 0. The molecule has 0 aliphatic rings. The summed E-state index contributed by atoms with van der Waals surface area (Å²) in [6, 6.07) is 3.01. The first-order valence-electron chi connectivity index (χ1n) is 4.93. The Morgan fingerprint density at radius 1 is 1.42 bits per heavy atom. The van der Waals surface area contributed by atoms with Crippen LogP contribution in [-0.4, -0.2) is 22.1 Å². The van der Waals surface area contributed by atoms with Crippen molar-refractivity contribution < 1.29 is 9.90 Å². The summed E-state index contributed by atoms with van der Waals surface area (Å²) in [4.78, 5) is 14.6. The highest BCUT2D eigenvalue weighted by Gasteiger charge is 2.08. The molecule has 9 heteroatoms. The van der Waals surface area contributed by atoms with Crippen molar-refractivity contribution in [2.45, 2.75) is 26.4 Å². The van der Waals surface area contributed by atoms with Crippen LogP contribution in [0.4, 0.5) is 5.82 Å². The van der Waals surface area contributed by atoms with Crippen LogP contribution in [0.25, 0.3) is 0 Å². The fraction of sp³-hybridized carbons (Fsp3) is 0.400. The molecule has 0 spiro atoms. The lowest BCUT2D eigenvalue weighted by molar-refractivity contribution is -0.139. The number of aromatic nitrogens is 1. The number of carboxylic acids is 1. The van der Waals surface area contributed by atoms with E-state index in [1.54, 1.807) is 13.0 Å². The molecule has 5 N–H and O–H groups in total. The van der Waals surface area contributed by atoms with Gasteiger partial charge in [0.1, 0.15) is 11.9 Å². The molecule has 0 saturated carbocycles. The normalized spacial score (nSPS) is 10.4. The number of nitrogen functional groups attached to an aromatic ring is 1. The zero-order chi connectivity index (χ0) is 12.1. The van der Waals surface area contributed by atoms with E-state index >= 15 is 0 Å². The number of pyridine rings is 1. The molecule has 1 aromatic heterocycles. The lowest BCUT2D eigenvalue weighted by atomic mass is 10.2. The number of aliphatic carboxylic acids is 1. The predicted octanol–water partition coefficient (Wildman–Crippen LogP) is 1.30. The molecule has 0 aromatic carbocycles. The number of hydrazine groups is 1. The minimum Gasteiger partial charge on any atom is -0.480 e. The molecule has 0 unspecified atom stereocenters. The zero-order valence-corrected chi connectivity index (χ0v) is 13.0. The molecule has 1 aromatic rings. The van der Waals surface area contributed by atoms with Crippen molar-refractivity contribution in [1.82, 2.24) is 15.8 Å². The Labute approximate surface area is 130 Å². The van der Waals surface area contributed by atoms with Crippen LogP contribution in [0.2, 0.25) is 0 Å². The number of hydrogen-bond acceptors (Lipinski definition) is 5. The number of nitrogens with one attached hydrogen (secondary N) is 2. The van der Waals surface area contributed by atoms with Crippen LogP contribution in [-0.2, 0) is 11.3 Å². The second-order valence-corrected chi connectivity index (χ2v) is 3.62. The summed E-state index contributed by atoms with van der Waals surface area (Å²) in [5.41, 5.74) is 12.8. The molecule has 19 heavy (non-hydrogen) atoms. The fourth-order valence-corrected chi connectivity index (χ4v) is 1.22. The van der Waals surface area contributed by atoms with Gasteiger partial charge < -0.3 is 10.8 Å². The third-order valence-corrected chi connectivity index (χ3v) is 2.00. The highest BCUT2D eigenvalue weighted by molar-refractivity contribution is 5.86. The molecular weight excluding hydrogens is 314 g/mol. The van der Waals surface area contributed by atoms with Crippen molar-refractivity contribution in [3.63, 3.8) is 0 Å². The summed E-state index contributed by atoms with van der Waals surface area (Å²) < 4.78 is 0. The van der Waals surface area contributed by atoms with Gasteiger partial charge in [-0.15, -0.1) is 37.2 Å². The number of aryl methyl sites for hydroxylation is 1. The smallest absolute Gasteiger partial charge is 0.321 e. The molecule has 0 fully saturated rings. The van der Waals surface area contributed by atoms with Crippen LogP contribution in [0, 0.1) is 6.92 Å². The highest BCUT2D eigenvalue weighted by Crippen LogP contribution is 2.05. The Morgan fingerprint density at radius 2 is 2.00 bits per heavy atom. The van der Waals surface area contributed by atoms with Gasteiger partial charge in [-0.05, 0) is 31.5 Å². The topological polar surface area (TPSA) is 100 Å². The van der Waals surface area contributed by atoms with Gasteiger partial charge >= 0.3 is 5.97 Å². The SMILES string of the molecule is Cc1cc(N)nc(CNN[C@@H](C)C(=O)O)c1.Cl.Cl.Cl. The molecule has 1 heterocycles. The number of halogens is 3. The van der Waals surface area contributed by atoms with E-state index in [1.165, 1.54) is 0 Å². The molecule has 112 valence electrons. The molecule has 1 rings (SSSR count). The number of nitrogens with two attached hydrogens (primary N) is 1. The standard InChI is InChI=1S/C10H16N4O2.3ClH/c1-6-3-8(13-9(11)4-6)5-12-14-7(2)10(15)16;;;/h3-4,7,12,14H,5H2,1-2H3,(H2,11,13)(H,15,16);3*1H/t7-;;;/m0.../s1. The van der Waals surface area contributed by atoms with E-state index in [9.17, 15) is 4.79 Å². The Bertz CT molecular complexity index is 373. The maximum absolute atomic E-state index is 10.5. The van der Waals surface area contributed by atoms with E-state index in [4.69, 9.17) is 10.8 Å². The van der Waals surface area contributed by atoms with E-state index in [-0.39, 0.29) is 37.2 Å². The van der Waals surface area contributed by atoms with Gasteiger partial charge in [0.25, 0.3) is 0 Å². The number of carbonyl (C=O) groups is 1. The fourth-order valence-electron chi connectivity index (χ4n) is 1.22. The minimum absolute atomic E-state index is 0. The lowest BCUT2D eigenvalue weighted by Gasteiger charge is -2.10. The van der Waals surface area contributed by atoms with E-state index in [0.29, 0.717) is 12.4 Å². The molecule has 0 aliphatic heterocycles. The Morgan fingerprint density at radius 3 is 2.47 bits per heavy atom. The predicted molar refractivity (Wildman–Crippen MR) is 82.2 cm³/mol. The van der Waals surface area contributed by atoms with E-state index in [0.717, 1.165) is 11.3 Å². The van der Waals surface area contributed by atoms with Gasteiger partial charge in [0, 0.05) is 0 Å². The van der Waals surface area contributed by atoms with Crippen LogP contribution < -0.4 is 16.6 Å². The van der Waals surface area contributed by atoms with Crippen molar-refractivity contribution >= 4 is 49.0 Å². The molecule has 6 nitrogen and oxygen atoms in total. The Hall–Kier alpha value is -0.790. The summed E-state index contributed by atoms with van der Waals surface area (Å²) >= 11 is 0. The van der Waals surface area contributed by atoms with Crippen molar-refractivity contribution in [2.75, 3.05) is 5.73 Å². The summed E-state index contributed by atoms with van der Waals surface area (Å²) in [5, 5.41) is 8.63. The van der Waals surface area contributed by atoms with Crippen molar-refractivity contribution in [1.29, 1.82) is 0 Å². The van der Waals surface area contributed by atoms with Gasteiger partial charge in [0.15, 0.2) is 0 Å². The third-order valence-electron chi connectivity index (χ3n) is 2.00. The Kier molecular flexibility index (Phi) is 13.6. The molecule has 0 aliphatic carbocycles. The zero-order valence-electron chi connectivity index (χ0n) is 10.5. The van der Waals surface area contributed by atoms with Crippen LogP contribution >= 0.6 is 37.2 Å². The van der Waals surface area contributed by atoms with Gasteiger partial charge in [-0.25, -0.2) is 10.4 Å². The number of hydrogen-bond donors (Lipinski definition) is 4. The maximum Gasteiger partial charge on any atom is 0.321 e. The third kappa shape index (κ3) is 8.85. The summed E-state index contributed by atoms with van der Waals surface area (Å²) in [5.74, 6) is -0.452. The second kappa shape index (κ2) is 11.1. The highest BCUT2D eigenvalue weighted by atomic mass is 35.5. The largest absolute Gasteiger partial charge is 0.480 e. The van der Waals surface area contributed by atoms with Crippen LogP contribution in [0.1, 0.15) is 18.2 Å². The van der Waals surface area contributed by atoms with Crippen molar-refractivity contribution in [2.24, 2.45) is 0 Å². The Balaban J connectivity index is -0.000000853. The molecular formula is C10H19Cl3N4O2. The minimum atomic E-state index is -0.913. The molecule has 0 amide bonds. The van der Waals surface area contributed by atoms with Gasteiger partial charge in [0.05, 0.1) is 12.2 Å². The number of nitrogens with zero attached hydrogens (tertiary/aromatic N) is 1. The van der Waals surface area contributed by atoms with Gasteiger partial charge in [-0.2, -0.15) is 0 Å². The van der Waals surface area contributed by atoms with E-state index < -0.39 is 12.0 Å². The monoisotopic (exact) mass is 332 g/mol. The summed E-state index contributed by atoms with van der Waals surface area (Å²) in [6.45, 7) is 3.89. The molecule has 1 atom stereocenters. The quantitative estimate of drug-likeness (QED) is 0.606. The maximum atomic E-state index is 10.5.